The first kappa shape index (κ1) is 15.7. The highest BCUT2D eigenvalue weighted by molar-refractivity contribution is 6.31. The summed E-state index contributed by atoms with van der Waals surface area (Å²) in [5, 5.41) is 7.77. The fourth-order valence-corrected chi connectivity index (χ4v) is 2.87. The molecule has 23 heavy (non-hydrogen) atoms. The summed E-state index contributed by atoms with van der Waals surface area (Å²) in [6.07, 6.45) is 2.41. The highest BCUT2D eigenvalue weighted by Crippen LogP contribution is 2.20. The third-order valence-electron chi connectivity index (χ3n) is 3.88. The molecule has 3 rings (SSSR count). The SMILES string of the molecule is CC(C)c1[nH]nc2c(=O)[nH]c(CCCc3ccccc3Cl)nc12. The molecule has 120 valence electrons. The van der Waals surface area contributed by atoms with Crippen molar-refractivity contribution in [3.05, 3.63) is 56.7 Å². The molecule has 0 aliphatic carbocycles. The van der Waals surface area contributed by atoms with Crippen molar-refractivity contribution < 1.29 is 0 Å². The summed E-state index contributed by atoms with van der Waals surface area (Å²) >= 11 is 6.16. The molecule has 0 unspecified atom stereocenters. The maximum Gasteiger partial charge on any atom is 0.279 e. The fraction of sp³-hybridized carbons (Fsp3) is 0.353. The molecule has 0 aliphatic rings. The number of aryl methyl sites for hydroxylation is 2. The standard InChI is InChI=1S/C17H19ClN4O/c1-10(2)14-15-16(22-21-14)17(23)20-13(19-15)9-5-7-11-6-3-4-8-12(11)18/h3-4,6,8,10H,5,7,9H2,1-2H3,(H,21,22)(H,19,20,23). The second-order valence-corrected chi connectivity index (χ2v) is 6.35. The van der Waals surface area contributed by atoms with Crippen LogP contribution >= 0.6 is 11.6 Å². The van der Waals surface area contributed by atoms with Gasteiger partial charge in [0.25, 0.3) is 5.56 Å². The van der Waals surface area contributed by atoms with Crippen LogP contribution in [-0.2, 0) is 12.8 Å². The Kier molecular flexibility index (Phi) is 4.48. The van der Waals surface area contributed by atoms with Crippen molar-refractivity contribution >= 4 is 22.6 Å². The number of aromatic nitrogens is 4. The predicted molar refractivity (Wildman–Crippen MR) is 92.1 cm³/mol. The van der Waals surface area contributed by atoms with Crippen molar-refractivity contribution in [2.75, 3.05) is 0 Å². The van der Waals surface area contributed by atoms with Crippen LogP contribution in [0.1, 0.15) is 43.3 Å². The van der Waals surface area contributed by atoms with E-state index in [0.29, 0.717) is 23.3 Å². The van der Waals surface area contributed by atoms with E-state index in [0.717, 1.165) is 29.1 Å². The number of H-pyrrole nitrogens is 2. The summed E-state index contributed by atoms with van der Waals surface area (Å²) in [5.41, 5.74) is 2.88. The largest absolute Gasteiger partial charge is 0.309 e. The molecule has 3 aromatic rings. The van der Waals surface area contributed by atoms with Crippen LogP contribution in [0, 0.1) is 0 Å². The van der Waals surface area contributed by atoms with Crippen LogP contribution in [-0.4, -0.2) is 20.2 Å². The molecule has 0 fully saturated rings. The highest BCUT2D eigenvalue weighted by atomic mass is 35.5. The molecule has 2 heterocycles. The van der Waals surface area contributed by atoms with Crippen LogP contribution in [0.15, 0.2) is 29.1 Å². The van der Waals surface area contributed by atoms with Gasteiger partial charge in [-0.1, -0.05) is 43.6 Å². The van der Waals surface area contributed by atoms with Gasteiger partial charge >= 0.3 is 0 Å². The molecule has 0 saturated carbocycles. The average molecular weight is 331 g/mol. The molecule has 0 saturated heterocycles. The third kappa shape index (κ3) is 3.29. The number of halogens is 1. The predicted octanol–water partition coefficient (Wildman–Crippen LogP) is 3.60. The van der Waals surface area contributed by atoms with Gasteiger partial charge in [-0.05, 0) is 30.4 Å². The lowest BCUT2D eigenvalue weighted by molar-refractivity contribution is 0.770. The first-order chi connectivity index (χ1) is 11.1. The Labute approximate surface area is 139 Å². The first-order valence-corrected chi connectivity index (χ1v) is 8.14. The number of nitrogens with zero attached hydrogens (tertiary/aromatic N) is 2. The topological polar surface area (TPSA) is 74.4 Å². The van der Waals surface area contributed by atoms with Gasteiger partial charge in [0, 0.05) is 11.4 Å². The molecule has 0 aliphatic heterocycles. The number of nitrogens with one attached hydrogen (secondary N) is 2. The van der Waals surface area contributed by atoms with E-state index in [-0.39, 0.29) is 11.5 Å². The molecular weight excluding hydrogens is 312 g/mol. The van der Waals surface area contributed by atoms with Crippen molar-refractivity contribution in [1.29, 1.82) is 0 Å². The minimum Gasteiger partial charge on any atom is -0.309 e. The summed E-state index contributed by atoms with van der Waals surface area (Å²) in [7, 11) is 0. The Morgan fingerprint density at radius 1 is 1.17 bits per heavy atom. The second kappa shape index (κ2) is 6.54. The molecule has 0 spiro atoms. The van der Waals surface area contributed by atoms with Gasteiger partial charge in [-0.3, -0.25) is 9.89 Å². The molecular formula is C17H19ClN4O. The lowest BCUT2D eigenvalue weighted by Gasteiger charge is -2.05. The third-order valence-corrected chi connectivity index (χ3v) is 4.25. The van der Waals surface area contributed by atoms with E-state index < -0.39 is 0 Å². The molecule has 0 radical (unpaired) electrons. The van der Waals surface area contributed by atoms with Gasteiger partial charge < -0.3 is 4.98 Å². The summed E-state index contributed by atoms with van der Waals surface area (Å²) < 4.78 is 0. The van der Waals surface area contributed by atoms with E-state index in [2.05, 4.69) is 20.2 Å². The van der Waals surface area contributed by atoms with Gasteiger partial charge in [-0.2, -0.15) is 5.10 Å². The van der Waals surface area contributed by atoms with E-state index in [1.54, 1.807) is 0 Å². The summed E-state index contributed by atoms with van der Waals surface area (Å²) in [4.78, 5) is 19.5. The van der Waals surface area contributed by atoms with E-state index >= 15 is 0 Å². The van der Waals surface area contributed by atoms with Crippen LogP contribution in [0.4, 0.5) is 0 Å². The second-order valence-electron chi connectivity index (χ2n) is 5.95. The van der Waals surface area contributed by atoms with Gasteiger partial charge in [0.2, 0.25) is 0 Å². The van der Waals surface area contributed by atoms with Crippen LogP contribution < -0.4 is 5.56 Å². The normalized spacial score (nSPS) is 11.5. The minimum atomic E-state index is -0.189. The molecule has 0 bridgehead atoms. The fourth-order valence-electron chi connectivity index (χ4n) is 2.64. The Hall–Kier alpha value is -2.14. The van der Waals surface area contributed by atoms with Crippen molar-refractivity contribution in [2.45, 2.75) is 39.0 Å². The summed E-state index contributed by atoms with van der Waals surface area (Å²) in [5.74, 6) is 0.933. The Morgan fingerprint density at radius 3 is 2.70 bits per heavy atom. The van der Waals surface area contributed by atoms with Gasteiger partial charge in [0.1, 0.15) is 11.3 Å². The maximum absolute atomic E-state index is 12.1. The van der Waals surface area contributed by atoms with Crippen LogP contribution in [0.5, 0.6) is 0 Å². The lowest BCUT2D eigenvalue weighted by atomic mass is 10.1. The Balaban J connectivity index is 1.79. The zero-order chi connectivity index (χ0) is 16.4. The molecule has 5 nitrogen and oxygen atoms in total. The number of fused-ring (bicyclic) bond motifs is 1. The quantitative estimate of drug-likeness (QED) is 0.750. The molecule has 6 heteroatoms. The van der Waals surface area contributed by atoms with Crippen LogP contribution in [0.3, 0.4) is 0 Å². The highest BCUT2D eigenvalue weighted by Gasteiger charge is 2.14. The minimum absolute atomic E-state index is 0.189. The molecule has 1 aromatic carbocycles. The Morgan fingerprint density at radius 2 is 1.96 bits per heavy atom. The van der Waals surface area contributed by atoms with Gasteiger partial charge in [0.15, 0.2) is 5.52 Å². The molecule has 0 amide bonds. The zero-order valence-corrected chi connectivity index (χ0v) is 13.9. The van der Waals surface area contributed by atoms with Crippen molar-refractivity contribution in [2.24, 2.45) is 0 Å². The van der Waals surface area contributed by atoms with E-state index in [1.807, 2.05) is 38.1 Å². The average Bonchev–Trinajstić information content (AvgIpc) is 2.94. The number of hydrogen-bond donors (Lipinski definition) is 2. The van der Waals surface area contributed by atoms with E-state index in [1.165, 1.54) is 0 Å². The number of rotatable bonds is 5. The van der Waals surface area contributed by atoms with Gasteiger partial charge in [0.05, 0.1) is 5.69 Å². The lowest BCUT2D eigenvalue weighted by Crippen LogP contribution is -2.12. The van der Waals surface area contributed by atoms with Gasteiger partial charge in [-0.15, -0.1) is 0 Å². The van der Waals surface area contributed by atoms with Crippen molar-refractivity contribution in [3.63, 3.8) is 0 Å². The Bertz CT molecular complexity index is 882. The number of benzene rings is 1. The van der Waals surface area contributed by atoms with E-state index in [9.17, 15) is 4.79 Å². The van der Waals surface area contributed by atoms with Crippen LogP contribution in [0.25, 0.3) is 11.0 Å². The monoisotopic (exact) mass is 330 g/mol. The number of aromatic amines is 2. The first-order valence-electron chi connectivity index (χ1n) is 7.77. The summed E-state index contributed by atoms with van der Waals surface area (Å²) in [6.45, 7) is 4.10. The zero-order valence-electron chi connectivity index (χ0n) is 13.2. The molecule has 2 aromatic heterocycles. The van der Waals surface area contributed by atoms with E-state index in [4.69, 9.17) is 11.6 Å². The molecule has 0 atom stereocenters. The van der Waals surface area contributed by atoms with Crippen molar-refractivity contribution in [1.82, 2.24) is 20.2 Å². The number of hydrogen-bond acceptors (Lipinski definition) is 3. The van der Waals surface area contributed by atoms with Crippen LogP contribution in [0.2, 0.25) is 5.02 Å². The van der Waals surface area contributed by atoms with Crippen molar-refractivity contribution in [3.8, 4) is 0 Å². The molecule has 2 N–H and O–H groups in total. The maximum atomic E-state index is 12.1. The summed E-state index contributed by atoms with van der Waals surface area (Å²) in [6, 6.07) is 7.82. The smallest absolute Gasteiger partial charge is 0.279 e. The van der Waals surface area contributed by atoms with Gasteiger partial charge in [-0.25, -0.2) is 4.98 Å².